The molecule has 8 heteroatoms. The zero-order valence-electron chi connectivity index (χ0n) is 19.8. The van der Waals surface area contributed by atoms with Crippen molar-refractivity contribution in [1.29, 1.82) is 0 Å². The number of hydrogen-bond donors (Lipinski definition) is 2. The Morgan fingerprint density at radius 2 is 1.83 bits per heavy atom. The number of carbonyl (C=O) groups excluding carboxylic acids is 1. The van der Waals surface area contributed by atoms with Crippen molar-refractivity contribution in [2.24, 2.45) is 5.92 Å². The minimum absolute atomic E-state index is 0.0279. The predicted molar refractivity (Wildman–Crippen MR) is 134 cm³/mol. The van der Waals surface area contributed by atoms with Gasteiger partial charge in [0.05, 0.1) is 11.9 Å². The molecule has 3 aromatic rings. The van der Waals surface area contributed by atoms with Crippen molar-refractivity contribution in [1.82, 2.24) is 10.3 Å². The van der Waals surface area contributed by atoms with E-state index in [1.807, 2.05) is 32.0 Å². The first-order chi connectivity index (χ1) is 16.6. The second-order valence-electron chi connectivity index (χ2n) is 9.42. The maximum atomic E-state index is 13.3. The van der Waals surface area contributed by atoms with Gasteiger partial charge in [-0.2, -0.15) is 13.2 Å². The zero-order valence-corrected chi connectivity index (χ0v) is 20.6. The van der Waals surface area contributed by atoms with Crippen molar-refractivity contribution in [2.75, 3.05) is 11.9 Å². The van der Waals surface area contributed by atoms with Crippen LogP contribution in [0, 0.1) is 19.8 Å². The van der Waals surface area contributed by atoms with Crippen LogP contribution in [-0.2, 0) is 17.4 Å². The molecule has 1 amide bonds. The Kier molecular flexibility index (Phi) is 7.55. The summed E-state index contributed by atoms with van der Waals surface area (Å²) in [4.78, 5) is 16.3. The van der Waals surface area contributed by atoms with E-state index in [1.54, 1.807) is 6.07 Å². The minimum Gasteiger partial charge on any atom is -0.384 e. The number of pyridine rings is 1. The van der Waals surface area contributed by atoms with Crippen molar-refractivity contribution in [3.05, 3.63) is 69.9 Å². The molecule has 2 aromatic carbocycles. The molecule has 1 aliphatic carbocycles. The van der Waals surface area contributed by atoms with Crippen LogP contribution < -0.4 is 10.6 Å². The minimum atomic E-state index is -4.53. The van der Waals surface area contributed by atoms with Gasteiger partial charge in [-0.05, 0) is 86.4 Å². The summed E-state index contributed by atoms with van der Waals surface area (Å²) in [6, 6.07) is 11.9. The van der Waals surface area contributed by atoms with Crippen LogP contribution in [0.15, 0.2) is 42.5 Å². The molecule has 0 saturated heterocycles. The number of hydrogen-bond acceptors (Lipinski definition) is 3. The zero-order chi connectivity index (χ0) is 25.2. The van der Waals surface area contributed by atoms with Crippen LogP contribution in [0.3, 0.4) is 0 Å². The van der Waals surface area contributed by atoms with Crippen LogP contribution in [0.5, 0.6) is 0 Å². The highest BCUT2D eigenvalue weighted by molar-refractivity contribution is 6.31. The lowest BCUT2D eigenvalue weighted by Crippen LogP contribution is -2.39. The van der Waals surface area contributed by atoms with Crippen LogP contribution in [0.2, 0.25) is 5.02 Å². The van der Waals surface area contributed by atoms with Crippen molar-refractivity contribution < 1.29 is 18.0 Å². The summed E-state index contributed by atoms with van der Waals surface area (Å²) < 4.78 is 40.0. The number of aromatic nitrogens is 1. The molecule has 1 aromatic heterocycles. The lowest BCUT2D eigenvalue weighted by Gasteiger charge is -2.29. The van der Waals surface area contributed by atoms with Gasteiger partial charge in [0.2, 0.25) is 5.91 Å². The van der Waals surface area contributed by atoms with Gasteiger partial charge in [-0.25, -0.2) is 4.98 Å². The molecule has 1 aliphatic rings. The number of anilines is 1. The number of alkyl halides is 3. The summed E-state index contributed by atoms with van der Waals surface area (Å²) in [6.45, 7) is 4.62. The largest absolute Gasteiger partial charge is 0.433 e. The summed E-state index contributed by atoms with van der Waals surface area (Å²) in [5, 5.41) is 7.38. The molecule has 1 saturated carbocycles. The predicted octanol–water partition coefficient (Wildman–Crippen LogP) is 6.85. The molecule has 4 nitrogen and oxygen atoms in total. The molecule has 0 radical (unpaired) electrons. The maximum Gasteiger partial charge on any atom is 0.433 e. The van der Waals surface area contributed by atoms with E-state index in [2.05, 4.69) is 15.6 Å². The highest BCUT2D eigenvalue weighted by Crippen LogP contribution is 2.34. The molecule has 1 heterocycles. The Bertz CT molecular complexity index is 1220. The van der Waals surface area contributed by atoms with Gasteiger partial charge >= 0.3 is 6.18 Å². The molecular weight excluding hydrogens is 475 g/mol. The van der Waals surface area contributed by atoms with E-state index < -0.39 is 11.9 Å². The lowest BCUT2D eigenvalue weighted by molar-refractivity contribution is -0.140. The van der Waals surface area contributed by atoms with Crippen LogP contribution in [-0.4, -0.2) is 23.5 Å². The number of carbonyl (C=O) groups is 1. The topological polar surface area (TPSA) is 54.0 Å². The summed E-state index contributed by atoms with van der Waals surface area (Å²) in [7, 11) is 0. The number of nitrogens with one attached hydrogen (secondary N) is 2. The number of amides is 1. The number of fused-ring (bicyclic) bond motifs is 1. The van der Waals surface area contributed by atoms with Gasteiger partial charge in [-0.3, -0.25) is 4.79 Å². The maximum absolute atomic E-state index is 13.3. The Hall–Kier alpha value is -2.80. The first kappa shape index (κ1) is 25.3. The van der Waals surface area contributed by atoms with E-state index >= 15 is 0 Å². The first-order valence-electron chi connectivity index (χ1n) is 11.9. The Labute approximate surface area is 208 Å². The molecule has 186 valence electrons. The quantitative estimate of drug-likeness (QED) is 0.386. The van der Waals surface area contributed by atoms with Crippen LogP contribution in [0.25, 0.3) is 10.9 Å². The monoisotopic (exact) mass is 503 g/mol. The van der Waals surface area contributed by atoms with E-state index in [4.69, 9.17) is 11.6 Å². The van der Waals surface area contributed by atoms with Crippen LogP contribution in [0.1, 0.15) is 48.1 Å². The van der Waals surface area contributed by atoms with Crippen LogP contribution >= 0.6 is 11.6 Å². The van der Waals surface area contributed by atoms with Gasteiger partial charge < -0.3 is 10.6 Å². The van der Waals surface area contributed by atoms with Crippen LogP contribution in [0.4, 0.5) is 18.9 Å². The fourth-order valence-electron chi connectivity index (χ4n) is 4.71. The molecule has 0 aliphatic heterocycles. The number of aryl methyl sites for hydroxylation is 1. The third-order valence-corrected chi connectivity index (χ3v) is 7.16. The molecule has 2 N–H and O–H groups in total. The number of benzene rings is 2. The molecule has 4 rings (SSSR count). The van der Waals surface area contributed by atoms with Gasteiger partial charge in [-0.15, -0.1) is 0 Å². The van der Waals surface area contributed by atoms with E-state index in [1.165, 1.54) is 17.7 Å². The SMILES string of the molecule is Cc1cccc(CC(=O)NC2CCC(CNc3cc(C(F)(F)F)nc4ccc(Cl)cc34)CC2)c1C. The standard InChI is InChI=1S/C27H29ClF3N3O/c1-16-4-3-5-19(17(16)2)12-26(35)33-21-9-6-18(7-10-21)15-32-24-14-25(27(29,30)31)34-23-11-8-20(28)13-22(23)24/h3-5,8,11,13-14,18,21H,6-7,9-10,12,15H2,1-2H3,(H,32,34)(H,33,35). The highest BCUT2D eigenvalue weighted by Gasteiger charge is 2.33. The van der Waals surface area contributed by atoms with Gasteiger partial charge in [0.1, 0.15) is 5.69 Å². The molecule has 0 atom stereocenters. The smallest absolute Gasteiger partial charge is 0.384 e. The number of nitrogens with zero attached hydrogens (tertiary/aromatic N) is 1. The average molecular weight is 504 g/mol. The van der Waals surface area contributed by atoms with Crippen molar-refractivity contribution in [3.63, 3.8) is 0 Å². The highest BCUT2D eigenvalue weighted by atomic mass is 35.5. The lowest BCUT2D eigenvalue weighted by atomic mass is 9.85. The van der Waals surface area contributed by atoms with Crippen molar-refractivity contribution in [3.8, 4) is 0 Å². The van der Waals surface area contributed by atoms with Crippen molar-refractivity contribution >= 4 is 34.1 Å². The van der Waals surface area contributed by atoms with E-state index in [9.17, 15) is 18.0 Å². The van der Waals surface area contributed by atoms with Gasteiger partial charge in [0.25, 0.3) is 0 Å². The van der Waals surface area contributed by atoms with Crippen molar-refractivity contribution in [2.45, 2.75) is 58.2 Å². The fraction of sp³-hybridized carbons (Fsp3) is 0.407. The molecule has 0 unspecified atom stereocenters. The summed E-state index contributed by atoms with van der Waals surface area (Å²) in [5.41, 5.74) is 3.08. The molecule has 35 heavy (non-hydrogen) atoms. The van der Waals surface area contributed by atoms with E-state index in [0.717, 1.165) is 42.9 Å². The normalized spacial score (nSPS) is 18.5. The molecule has 1 fully saturated rings. The third kappa shape index (κ3) is 6.26. The third-order valence-electron chi connectivity index (χ3n) is 6.92. The van der Waals surface area contributed by atoms with E-state index in [0.29, 0.717) is 35.0 Å². The molecule has 0 spiro atoms. The van der Waals surface area contributed by atoms with Gasteiger partial charge in [0, 0.05) is 28.7 Å². The Morgan fingerprint density at radius 3 is 2.54 bits per heavy atom. The molecular formula is C27H29ClF3N3O. The summed E-state index contributed by atoms with van der Waals surface area (Å²) in [5.74, 6) is 0.332. The molecule has 0 bridgehead atoms. The second kappa shape index (κ2) is 10.4. The van der Waals surface area contributed by atoms with Gasteiger partial charge in [-0.1, -0.05) is 29.8 Å². The number of rotatable bonds is 6. The second-order valence-corrected chi connectivity index (χ2v) is 9.85. The fourth-order valence-corrected chi connectivity index (χ4v) is 4.88. The number of halogens is 4. The Morgan fingerprint density at radius 1 is 1.09 bits per heavy atom. The Balaban J connectivity index is 1.34. The first-order valence-corrected chi connectivity index (χ1v) is 12.2. The van der Waals surface area contributed by atoms with Gasteiger partial charge in [0.15, 0.2) is 0 Å². The average Bonchev–Trinajstić information content (AvgIpc) is 2.80. The summed E-state index contributed by atoms with van der Waals surface area (Å²) in [6.07, 6.45) is -0.691. The van der Waals surface area contributed by atoms with E-state index in [-0.39, 0.29) is 17.5 Å². The summed E-state index contributed by atoms with van der Waals surface area (Å²) >= 11 is 6.08.